The number of anilines is 1. The van der Waals surface area contributed by atoms with Gasteiger partial charge in [0.2, 0.25) is 0 Å². The molecule has 0 aliphatic carbocycles. The molecular weight excluding hydrogens is 226 g/mol. The average Bonchev–Trinajstić information content (AvgIpc) is 2.94. The molecule has 1 saturated heterocycles. The van der Waals surface area contributed by atoms with Crippen LogP contribution in [0.3, 0.4) is 0 Å². The first-order valence-corrected chi connectivity index (χ1v) is 6.75. The Kier molecular flexibility index (Phi) is 4.18. The SMILES string of the molecule is CCN(CC)c1cncc(C(=O)N2CCCC2)c1. The number of hydrogen-bond donors (Lipinski definition) is 0. The van der Waals surface area contributed by atoms with Crippen molar-refractivity contribution >= 4 is 11.6 Å². The second kappa shape index (κ2) is 5.85. The van der Waals surface area contributed by atoms with Crippen LogP contribution in [0.25, 0.3) is 0 Å². The van der Waals surface area contributed by atoms with Gasteiger partial charge in [-0.25, -0.2) is 0 Å². The molecule has 4 nitrogen and oxygen atoms in total. The molecule has 2 heterocycles. The first-order chi connectivity index (χ1) is 8.76. The Hall–Kier alpha value is -1.58. The van der Waals surface area contributed by atoms with Gasteiger partial charge in [-0.15, -0.1) is 0 Å². The molecule has 1 fully saturated rings. The minimum absolute atomic E-state index is 0.119. The highest BCUT2D eigenvalue weighted by Crippen LogP contribution is 2.17. The van der Waals surface area contributed by atoms with E-state index in [0.717, 1.165) is 44.7 Å². The van der Waals surface area contributed by atoms with Crippen molar-refractivity contribution in [1.29, 1.82) is 0 Å². The second-order valence-electron chi connectivity index (χ2n) is 4.60. The van der Waals surface area contributed by atoms with Crippen molar-refractivity contribution in [3.8, 4) is 0 Å². The van der Waals surface area contributed by atoms with Crippen molar-refractivity contribution in [1.82, 2.24) is 9.88 Å². The van der Waals surface area contributed by atoms with Crippen LogP contribution in [-0.2, 0) is 0 Å². The summed E-state index contributed by atoms with van der Waals surface area (Å²) in [4.78, 5) is 20.6. The number of nitrogens with zero attached hydrogens (tertiary/aromatic N) is 3. The van der Waals surface area contributed by atoms with E-state index in [2.05, 4.69) is 23.7 Å². The van der Waals surface area contributed by atoms with E-state index < -0.39 is 0 Å². The van der Waals surface area contributed by atoms with E-state index in [4.69, 9.17) is 0 Å². The summed E-state index contributed by atoms with van der Waals surface area (Å²) in [5.74, 6) is 0.119. The summed E-state index contributed by atoms with van der Waals surface area (Å²) in [6.45, 7) is 7.85. The fraction of sp³-hybridized carbons (Fsp3) is 0.571. The number of aromatic nitrogens is 1. The first kappa shape index (κ1) is 12.9. The first-order valence-electron chi connectivity index (χ1n) is 6.75. The third-order valence-electron chi connectivity index (χ3n) is 3.49. The summed E-state index contributed by atoms with van der Waals surface area (Å²) < 4.78 is 0. The van der Waals surface area contributed by atoms with Gasteiger partial charge in [0.1, 0.15) is 0 Å². The Labute approximate surface area is 109 Å². The quantitative estimate of drug-likeness (QED) is 0.818. The maximum Gasteiger partial charge on any atom is 0.255 e. The molecule has 1 aromatic rings. The van der Waals surface area contributed by atoms with Crippen molar-refractivity contribution < 1.29 is 4.79 Å². The lowest BCUT2D eigenvalue weighted by molar-refractivity contribution is 0.0792. The number of hydrogen-bond acceptors (Lipinski definition) is 3. The summed E-state index contributed by atoms with van der Waals surface area (Å²) in [6, 6.07) is 1.96. The molecule has 18 heavy (non-hydrogen) atoms. The van der Waals surface area contributed by atoms with E-state index in [9.17, 15) is 4.79 Å². The molecular formula is C14H21N3O. The largest absolute Gasteiger partial charge is 0.371 e. The Morgan fingerprint density at radius 1 is 1.28 bits per heavy atom. The Morgan fingerprint density at radius 3 is 2.56 bits per heavy atom. The Morgan fingerprint density at radius 2 is 1.94 bits per heavy atom. The molecule has 4 heteroatoms. The topological polar surface area (TPSA) is 36.4 Å². The van der Waals surface area contributed by atoms with E-state index in [0.29, 0.717) is 5.56 Å². The second-order valence-corrected chi connectivity index (χ2v) is 4.60. The average molecular weight is 247 g/mol. The molecule has 98 valence electrons. The Balaban J connectivity index is 2.18. The number of carbonyl (C=O) groups excluding carboxylic acids is 1. The summed E-state index contributed by atoms with van der Waals surface area (Å²) in [5.41, 5.74) is 1.74. The van der Waals surface area contributed by atoms with Gasteiger partial charge in [-0.1, -0.05) is 0 Å². The summed E-state index contributed by atoms with van der Waals surface area (Å²) in [6.07, 6.45) is 5.74. The van der Waals surface area contributed by atoms with Crippen LogP contribution in [0.2, 0.25) is 0 Å². The number of rotatable bonds is 4. The van der Waals surface area contributed by atoms with Crippen LogP contribution >= 0.6 is 0 Å². The summed E-state index contributed by atoms with van der Waals surface area (Å²) in [5, 5.41) is 0. The highest BCUT2D eigenvalue weighted by atomic mass is 16.2. The zero-order valence-electron chi connectivity index (χ0n) is 11.2. The van der Waals surface area contributed by atoms with Crippen LogP contribution in [0, 0.1) is 0 Å². The van der Waals surface area contributed by atoms with Crippen molar-refractivity contribution in [2.45, 2.75) is 26.7 Å². The molecule has 0 aromatic carbocycles. The van der Waals surface area contributed by atoms with Gasteiger partial charge in [0.25, 0.3) is 5.91 Å². The zero-order valence-corrected chi connectivity index (χ0v) is 11.2. The predicted molar refractivity (Wildman–Crippen MR) is 72.9 cm³/mol. The van der Waals surface area contributed by atoms with Crippen molar-refractivity contribution in [2.24, 2.45) is 0 Å². The van der Waals surface area contributed by atoms with Gasteiger partial charge in [0.05, 0.1) is 17.4 Å². The molecule has 0 atom stereocenters. The molecule has 1 aliphatic rings. The molecule has 0 radical (unpaired) electrons. The number of amides is 1. The smallest absolute Gasteiger partial charge is 0.255 e. The molecule has 0 bridgehead atoms. The number of likely N-dealkylation sites (tertiary alicyclic amines) is 1. The van der Waals surface area contributed by atoms with Crippen LogP contribution in [0.15, 0.2) is 18.5 Å². The summed E-state index contributed by atoms with van der Waals surface area (Å²) in [7, 11) is 0. The fourth-order valence-electron chi connectivity index (χ4n) is 2.41. The maximum atomic E-state index is 12.3. The van der Waals surface area contributed by atoms with Gasteiger partial charge in [-0.3, -0.25) is 9.78 Å². The minimum atomic E-state index is 0.119. The van der Waals surface area contributed by atoms with Crippen LogP contribution in [0.1, 0.15) is 37.0 Å². The van der Waals surface area contributed by atoms with Crippen molar-refractivity contribution in [2.75, 3.05) is 31.1 Å². The normalized spacial score (nSPS) is 14.9. The molecule has 2 rings (SSSR count). The highest BCUT2D eigenvalue weighted by Gasteiger charge is 2.20. The van der Waals surface area contributed by atoms with E-state index in [1.807, 2.05) is 17.2 Å². The van der Waals surface area contributed by atoms with Gasteiger partial charge in [0.15, 0.2) is 0 Å². The molecule has 1 aromatic heterocycles. The van der Waals surface area contributed by atoms with Gasteiger partial charge in [-0.05, 0) is 32.8 Å². The third-order valence-corrected chi connectivity index (χ3v) is 3.49. The highest BCUT2D eigenvalue weighted by molar-refractivity contribution is 5.94. The summed E-state index contributed by atoms with van der Waals surface area (Å²) >= 11 is 0. The van der Waals surface area contributed by atoms with Crippen LogP contribution in [0.5, 0.6) is 0 Å². The molecule has 0 unspecified atom stereocenters. The molecule has 1 amide bonds. The number of pyridine rings is 1. The standard InChI is InChI=1S/C14H21N3O/c1-3-16(4-2)13-9-12(10-15-11-13)14(18)17-7-5-6-8-17/h9-11H,3-8H2,1-2H3. The minimum Gasteiger partial charge on any atom is -0.371 e. The van der Waals surface area contributed by atoms with E-state index >= 15 is 0 Å². The third kappa shape index (κ3) is 2.63. The van der Waals surface area contributed by atoms with E-state index in [1.165, 1.54) is 0 Å². The number of carbonyl (C=O) groups is 1. The van der Waals surface area contributed by atoms with Gasteiger partial charge in [-0.2, -0.15) is 0 Å². The van der Waals surface area contributed by atoms with Crippen LogP contribution in [0.4, 0.5) is 5.69 Å². The lowest BCUT2D eigenvalue weighted by Crippen LogP contribution is -2.28. The fourth-order valence-corrected chi connectivity index (χ4v) is 2.41. The van der Waals surface area contributed by atoms with E-state index in [-0.39, 0.29) is 5.91 Å². The van der Waals surface area contributed by atoms with Gasteiger partial charge >= 0.3 is 0 Å². The van der Waals surface area contributed by atoms with Gasteiger partial charge in [0, 0.05) is 32.4 Å². The molecule has 0 spiro atoms. The van der Waals surface area contributed by atoms with E-state index in [1.54, 1.807) is 6.20 Å². The molecule has 0 saturated carbocycles. The molecule has 0 N–H and O–H groups in total. The lowest BCUT2D eigenvalue weighted by Gasteiger charge is -2.22. The monoisotopic (exact) mass is 247 g/mol. The molecule has 1 aliphatic heterocycles. The van der Waals surface area contributed by atoms with Crippen molar-refractivity contribution in [3.05, 3.63) is 24.0 Å². The Bertz CT molecular complexity index is 409. The lowest BCUT2D eigenvalue weighted by atomic mass is 10.2. The van der Waals surface area contributed by atoms with Crippen LogP contribution in [-0.4, -0.2) is 42.0 Å². The van der Waals surface area contributed by atoms with Gasteiger partial charge < -0.3 is 9.80 Å². The predicted octanol–water partition coefficient (Wildman–Crippen LogP) is 2.16. The zero-order chi connectivity index (χ0) is 13.0. The van der Waals surface area contributed by atoms with Crippen molar-refractivity contribution in [3.63, 3.8) is 0 Å². The maximum absolute atomic E-state index is 12.3. The van der Waals surface area contributed by atoms with Crippen LogP contribution < -0.4 is 4.90 Å².